The highest BCUT2D eigenvalue weighted by Gasteiger charge is 2.20. The Labute approximate surface area is 114 Å². The Balaban J connectivity index is 2.43. The lowest BCUT2D eigenvalue weighted by molar-refractivity contribution is 0.104. The van der Waals surface area contributed by atoms with Crippen LogP contribution in [0.2, 0.25) is 0 Å². The van der Waals surface area contributed by atoms with Gasteiger partial charge >= 0.3 is 0 Å². The summed E-state index contributed by atoms with van der Waals surface area (Å²) in [5.74, 6) is 0.745. The van der Waals surface area contributed by atoms with Crippen LogP contribution in [0.3, 0.4) is 0 Å². The summed E-state index contributed by atoms with van der Waals surface area (Å²) in [5.41, 5.74) is 0.651. The number of carbonyl (C=O) groups is 1. The second-order valence-electron chi connectivity index (χ2n) is 3.17. The van der Waals surface area contributed by atoms with E-state index in [-0.39, 0.29) is 5.78 Å². The summed E-state index contributed by atoms with van der Waals surface area (Å²) in [6, 6.07) is 1.72. The number of furan rings is 1. The molecule has 0 unspecified atom stereocenters. The molecule has 2 nitrogen and oxygen atoms in total. The molecule has 0 radical (unpaired) electrons. The normalized spacial score (nSPS) is 10.7. The van der Waals surface area contributed by atoms with Crippen molar-refractivity contribution in [3.8, 4) is 0 Å². The maximum absolute atomic E-state index is 12.2. The third kappa shape index (κ3) is 2.04. The Hall–Kier alpha value is -0.390. The van der Waals surface area contributed by atoms with E-state index in [9.17, 15) is 4.79 Å². The van der Waals surface area contributed by atoms with Crippen molar-refractivity contribution in [2.24, 2.45) is 0 Å². The first kappa shape index (κ1) is 12.1. The molecule has 0 aliphatic rings. The zero-order valence-electron chi connectivity index (χ0n) is 8.42. The van der Waals surface area contributed by atoms with Crippen LogP contribution in [-0.4, -0.2) is 5.78 Å². The first-order chi connectivity index (χ1) is 7.65. The van der Waals surface area contributed by atoms with Gasteiger partial charge in [0.2, 0.25) is 5.78 Å². The van der Waals surface area contributed by atoms with E-state index in [4.69, 9.17) is 4.42 Å². The molecule has 2 rings (SSSR count). The first-order valence-corrected chi connectivity index (χ1v) is 7.15. The Morgan fingerprint density at radius 1 is 1.50 bits per heavy atom. The molecule has 0 saturated heterocycles. The van der Waals surface area contributed by atoms with Gasteiger partial charge in [0.05, 0.1) is 21.2 Å². The van der Waals surface area contributed by atoms with Crippen LogP contribution in [0.15, 0.2) is 31.1 Å². The fraction of sp³-hybridized carbons (Fsp3) is 0.182. The third-order valence-electron chi connectivity index (χ3n) is 2.21. The Bertz CT molecular complexity index is 528. The Morgan fingerprint density at radius 2 is 2.25 bits per heavy atom. The second kappa shape index (κ2) is 4.85. The predicted octanol–water partition coefficient (Wildman–Crippen LogP) is 4.66. The average Bonchev–Trinajstić information content (AvgIpc) is 2.86. The largest absolute Gasteiger partial charge is 0.469 e. The van der Waals surface area contributed by atoms with E-state index in [1.165, 1.54) is 11.3 Å². The van der Waals surface area contributed by atoms with Crippen LogP contribution in [0.5, 0.6) is 0 Å². The highest BCUT2D eigenvalue weighted by atomic mass is 79.9. The average molecular weight is 364 g/mol. The van der Waals surface area contributed by atoms with Crippen molar-refractivity contribution in [2.45, 2.75) is 13.3 Å². The molecule has 0 spiro atoms. The van der Waals surface area contributed by atoms with Crippen LogP contribution in [0.4, 0.5) is 0 Å². The highest BCUT2D eigenvalue weighted by Crippen LogP contribution is 2.34. The van der Waals surface area contributed by atoms with Gasteiger partial charge in [-0.25, -0.2) is 0 Å². The molecule has 84 valence electrons. The molecule has 0 amide bonds. The minimum Gasteiger partial charge on any atom is -0.469 e. The van der Waals surface area contributed by atoms with Gasteiger partial charge < -0.3 is 4.42 Å². The molecule has 0 N–H and O–H groups in total. The van der Waals surface area contributed by atoms with Crippen LogP contribution >= 0.6 is 43.2 Å². The van der Waals surface area contributed by atoms with Gasteiger partial charge in [-0.05, 0) is 37.9 Å². The third-order valence-corrected chi connectivity index (χ3v) is 5.73. The number of carbonyl (C=O) groups excluding carboxylic acids is 1. The molecule has 0 saturated carbocycles. The maximum Gasteiger partial charge on any atom is 0.207 e. The first-order valence-electron chi connectivity index (χ1n) is 4.68. The highest BCUT2D eigenvalue weighted by molar-refractivity contribution is 9.13. The Kier molecular flexibility index (Phi) is 3.66. The zero-order valence-corrected chi connectivity index (χ0v) is 12.4. The molecule has 0 bridgehead atoms. The minimum atomic E-state index is 0.00757. The molecule has 2 heterocycles. The molecule has 0 aliphatic carbocycles. The van der Waals surface area contributed by atoms with E-state index in [2.05, 4.69) is 31.9 Å². The lowest BCUT2D eigenvalue weighted by atomic mass is 10.1. The SMILES string of the molecule is CCc1occc1C(=O)c1scc(Br)c1Br. The summed E-state index contributed by atoms with van der Waals surface area (Å²) in [6.07, 6.45) is 2.28. The summed E-state index contributed by atoms with van der Waals surface area (Å²) in [4.78, 5) is 12.9. The number of ketones is 1. The van der Waals surface area contributed by atoms with Gasteiger partial charge in [-0.1, -0.05) is 6.92 Å². The van der Waals surface area contributed by atoms with Crippen molar-refractivity contribution < 1.29 is 9.21 Å². The molecule has 0 aliphatic heterocycles. The van der Waals surface area contributed by atoms with Crippen molar-refractivity contribution in [3.05, 3.63) is 42.9 Å². The van der Waals surface area contributed by atoms with Gasteiger partial charge in [-0.15, -0.1) is 11.3 Å². The molecular formula is C11H8Br2O2S. The standard InChI is InChI=1S/C11H8Br2O2S/c1-2-8-6(3-4-15-8)10(14)11-9(13)7(12)5-16-11/h3-5H,2H2,1H3. The predicted molar refractivity (Wildman–Crippen MR) is 71.2 cm³/mol. The van der Waals surface area contributed by atoms with Crippen molar-refractivity contribution >= 4 is 49.0 Å². The van der Waals surface area contributed by atoms with Crippen molar-refractivity contribution in [1.82, 2.24) is 0 Å². The summed E-state index contributed by atoms with van der Waals surface area (Å²) in [5, 5.41) is 1.89. The van der Waals surface area contributed by atoms with Gasteiger partial charge in [0.1, 0.15) is 5.76 Å². The van der Waals surface area contributed by atoms with E-state index in [0.717, 1.165) is 21.1 Å². The zero-order chi connectivity index (χ0) is 11.7. The van der Waals surface area contributed by atoms with Crippen molar-refractivity contribution in [2.75, 3.05) is 0 Å². The lowest BCUT2D eigenvalue weighted by Crippen LogP contribution is -2.00. The van der Waals surface area contributed by atoms with Gasteiger partial charge in [0, 0.05) is 16.3 Å². The Morgan fingerprint density at radius 3 is 2.81 bits per heavy atom. The van der Waals surface area contributed by atoms with Crippen molar-refractivity contribution in [3.63, 3.8) is 0 Å². The van der Waals surface area contributed by atoms with E-state index < -0.39 is 0 Å². The van der Waals surface area contributed by atoms with E-state index in [0.29, 0.717) is 10.4 Å². The fourth-order valence-corrected chi connectivity index (χ4v) is 3.52. The van der Waals surface area contributed by atoms with E-state index >= 15 is 0 Å². The number of thiophene rings is 1. The quantitative estimate of drug-likeness (QED) is 0.742. The van der Waals surface area contributed by atoms with Gasteiger partial charge in [-0.3, -0.25) is 4.79 Å². The summed E-state index contributed by atoms with van der Waals surface area (Å²) in [6.45, 7) is 1.97. The number of hydrogen-bond acceptors (Lipinski definition) is 3. The molecule has 16 heavy (non-hydrogen) atoms. The number of halogens is 2. The molecule has 2 aromatic heterocycles. The number of hydrogen-bond donors (Lipinski definition) is 0. The molecule has 0 atom stereocenters. The second-order valence-corrected chi connectivity index (χ2v) is 5.69. The smallest absolute Gasteiger partial charge is 0.207 e. The van der Waals surface area contributed by atoms with Crippen LogP contribution in [0, 0.1) is 0 Å². The van der Waals surface area contributed by atoms with Crippen molar-refractivity contribution in [1.29, 1.82) is 0 Å². The molecule has 5 heteroatoms. The summed E-state index contributed by atoms with van der Waals surface area (Å²) in [7, 11) is 0. The fourth-order valence-electron chi connectivity index (χ4n) is 1.41. The topological polar surface area (TPSA) is 30.2 Å². The summed E-state index contributed by atoms with van der Waals surface area (Å²) >= 11 is 8.18. The monoisotopic (exact) mass is 362 g/mol. The summed E-state index contributed by atoms with van der Waals surface area (Å²) < 4.78 is 6.98. The molecule has 2 aromatic rings. The minimum absolute atomic E-state index is 0.00757. The van der Waals surface area contributed by atoms with Crippen LogP contribution in [0.1, 0.15) is 27.9 Å². The number of aryl methyl sites for hydroxylation is 1. The van der Waals surface area contributed by atoms with Crippen LogP contribution < -0.4 is 0 Å². The lowest BCUT2D eigenvalue weighted by Gasteiger charge is -1.98. The van der Waals surface area contributed by atoms with Gasteiger partial charge in [0.15, 0.2) is 0 Å². The maximum atomic E-state index is 12.2. The van der Waals surface area contributed by atoms with E-state index in [1.54, 1.807) is 12.3 Å². The number of rotatable bonds is 3. The molecular weight excluding hydrogens is 356 g/mol. The molecule has 0 aromatic carbocycles. The van der Waals surface area contributed by atoms with E-state index in [1.807, 2.05) is 12.3 Å². The van der Waals surface area contributed by atoms with Crippen LogP contribution in [-0.2, 0) is 6.42 Å². The van der Waals surface area contributed by atoms with Crippen LogP contribution in [0.25, 0.3) is 0 Å². The van der Waals surface area contributed by atoms with Gasteiger partial charge in [0.25, 0.3) is 0 Å². The van der Waals surface area contributed by atoms with Gasteiger partial charge in [-0.2, -0.15) is 0 Å². The molecule has 0 fully saturated rings.